The highest BCUT2D eigenvalue weighted by Gasteiger charge is 2.13. The fraction of sp³-hybridized carbons (Fsp3) is 0.222. The fourth-order valence-electron chi connectivity index (χ4n) is 2.17. The van der Waals surface area contributed by atoms with Gasteiger partial charge in [0.2, 0.25) is 0 Å². The summed E-state index contributed by atoms with van der Waals surface area (Å²) in [7, 11) is 0. The molecule has 0 unspecified atom stereocenters. The second-order valence-electron chi connectivity index (χ2n) is 5.17. The molecule has 0 radical (unpaired) electrons. The molecule has 0 aromatic heterocycles. The molecule has 2 aromatic carbocycles. The number of rotatable bonds is 4. The number of amidine groups is 1. The molecular weight excluding hydrogens is 306 g/mol. The zero-order valence-corrected chi connectivity index (χ0v) is 14.1. The number of benzene rings is 2. The standard InChI is InChI=1S/C18H19N3OS/c1-3-22-16-10-6-14(7-11-16)17-12-23-18(21-20-17)19-15-8-4-13(2)5-9-15/h4-11H,3,12H2,1-2H3,(H,19,21). The lowest BCUT2D eigenvalue weighted by molar-refractivity contribution is 0.340. The number of nitrogens with zero attached hydrogens (tertiary/aromatic N) is 2. The number of thioether (sulfide) groups is 1. The lowest BCUT2D eigenvalue weighted by Crippen LogP contribution is -2.25. The van der Waals surface area contributed by atoms with Crippen molar-refractivity contribution in [2.45, 2.75) is 13.8 Å². The fourth-order valence-corrected chi connectivity index (χ4v) is 2.95. The van der Waals surface area contributed by atoms with E-state index in [1.54, 1.807) is 11.8 Å². The van der Waals surface area contributed by atoms with Gasteiger partial charge in [0.15, 0.2) is 5.17 Å². The van der Waals surface area contributed by atoms with Crippen molar-refractivity contribution in [2.24, 2.45) is 10.1 Å². The van der Waals surface area contributed by atoms with Crippen molar-refractivity contribution in [3.63, 3.8) is 0 Å². The maximum atomic E-state index is 5.46. The summed E-state index contributed by atoms with van der Waals surface area (Å²) in [5, 5.41) is 5.27. The van der Waals surface area contributed by atoms with Gasteiger partial charge in [0.05, 0.1) is 18.0 Å². The predicted octanol–water partition coefficient (Wildman–Crippen LogP) is 4.12. The van der Waals surface area contributed by atoms with Crippen LogP contribution in [0.5, 0.6) is 5.75 Å². The summed E-state index contributed by atoms with van der Waals surface area (Å²) in [6.45, 7) is 4.73. The van der Waals surface area contributed by atoms with Gasteiger partial charge in [-0.15, -0.1) is 0 Å². The van der Waals surface area contributed by atoms with Gasteiger partial charge in [-0.05, 0) is 55.8 Å². The van der Waals surface area contributed by atoms with Gasteiger partial charge in [0.25, 0.3) is 0 Å². The van der Waals surface area contributed by atoms with E-state index in [2.05, 4.69) is 34.6 Å². The highest BCUT2D eigenvalue weighted by Crippen LogP contribution is 2.20. The Kier molecular flexibility index (Phi) is 4.98. The molecule has 118 valence electrons. The van der Waals surface area contributed by atoms with Gasteiger partial charge in [0, 0.05) is 5.75 Å². The minimum absolute atomic E-state index is 0.677. The zero-order valence-electron chi connectivity index (χ0n) is 13.2. The highest BCUT2D eigenvalue weighted by molar-refractivity contribution is 8.14. The van der Waals surface area contributed by atoms with Crippen molar-refractivity contribution in [3.8, 4) is 5.75 Å². The molecule has 1 heterocycles. The van der Waals surface area contributed by atoms with E-state index in [4.69, 9.17) is 4.74 Å². The molecule has 0 aliphatic carbocycles. The minimum Gasteiger partial charge on any atom is -0.494 e. The third-order valence-electron chi connectivity index (χ3n) is 3.40. The Morgan fingerprint density at radius 1 is 1.13 bits per heavy atom. The number of nitrogens with one attached hydrogen (secondary N) is 1. The van der Waals surface area contributed by atoms with E-state index >= 15 is 0 Å². The van der Waals surface area contributed by atoms with Gasteiger partial charge in [-0.2, -0.15) is 5.10 Å². The molecule has 3 rings (SSSR count). The molecule has 1 aliphatic rings. The third kappa shape index (κ3) is 4.13. The molecule has 1 N–H and O–H groups in total. The van der Waals surface area contributed by atoms with Crippen LogP contribution in [0.2, 0.25) is 0 Å². The molecule has 0 atom stereocenters. The summed E-state index contributed by atoms with van der Waals surface area (Å²) in [4.78, 5) is 4.57. The number of aliphatic imine (C=N–C) groups is 1. The molecule has 0 spiro atoms. The highest BCUT2D eigenvalue weighted by atomic mass is 32.2. The minimum atomic E-state index is 0.677. The summed E-state index contributed by atoms with van der Waals surface area (Å²) in [6, 6.07) is 16.2. The first-order chi connectivity index (χ1) is 11.2. The van der Waals surface area contributed by atoms with Crippen molar-refractivity contribution in [3.05, 3.63) is 59.7 Å². The smallest absolute Gasteiger partial charge is 0.182 e. The van der Waals surface area contributed by atoms with E-state index in [1.165, 1.54) is 5.56 Å². The Morgan fingerprint density at radius 3 is 2.48 bits per heavy atom. The van der Waals surface area contributed by atoms with E-state index in [1.807, 2.05) is 43.3 Å². The van der Waals surface area contributed by atoms with Crippen molar-refractivity contribution in [1.82, 2.24) is 5.43 Å². The normalized spacial score (nSPS) is 15.9. The van der Waals surface area contributed by atoms with Gasteiger partial charge >= 0.3 is 0 Å². The first kappa shape index (κ1) is 15.6. The van der Waals surface area contributed by atoms with Crippen LogP contribution in [0, 0.1) is 6.92 Å². The molecular formula is C18H19N3OS. The number of ether oxygens (including phenoxy) is 1. The van der Waals surface area contributed by atoms with Crippen LogP contribution in [-0.2, 0) is 0 Å². The van der Waals surface area contributed by atoms with E-state index < -0.39 is 0 Å². The Bertz CT molecular complexity index is 721. The Morgan fingerprint density at radius 2 is 1.87 bits per heavy atom. The summed E-state index contributed by atoms with van der Waals surface area (Å²) in [5.41, 5.74) is 7.32. The first-order valence-corrected chi connectivity index (χ1v) is 8.57. The quantitative estimate of drug-likeness (QED) is 0.919. The van der Waals surface area contributed by atoms with Crippen LogP contribution in [0.25, 0.3) is 0 Å². The van der Waals surface area contributed by atoms with Crippen molar-refractivity contribution in [1.29, 1.82) is 0 Å². The largest absolute Gasteiger partial charge is 0.494 e. The van der Waals surface area contributed by atoms with Crippen LogP contribution in [0.1, 0.15) is 18.1 Å². The van der Waals surface area contributed by atoms with E-state index in [9.17, 15) is 0 Å². The van der Waals surface area contributed by atoms with Crippen LogP contribution < -0.4 is 10.2 Å². The van der Waals surface area contributed by atoms with Crippen LogP contribution >= 0.6 is 11.8 Å². The van der Waals surface area contributed by atoms with Crippen LogP contribution in [0.4, 0.5) is 5.69 Å². The van der Waals surface area contributed by atoms with Gasteiger partial charge in [-0.1, -0.05) is 29.5 Å². The van der Waals surface area contributed by atoms with Crippen LogP contribution in [0.15, 0.2) is 58.6 Å². The lowest BCUT2D eigenvalue weighted by Gasteiger charge is -2.15. The first-order valence-electron chi connectivity index (χ1n) is 7.58. The van der Waals surface area contributed by atoms with Gasteiger partial charge < -0.3 is 4.74 Å². The monoisotopic (exact) mass is 325 g/mol. The van der Waals surface area contributed by atoms with Crippen molar-refractivity contribution in [2.75, 3.05) is 12.4 Å². The third-order valence-corrected chi connectivity index (χ3v) is 4.27. The van der Waals surface area contributed by atoms with Crippen molar-refractivity contribution >= 4 is 28.3 Å². The molecule has 23 heavy (non-hydrogen) atoms. The van der Waals surface area contributed by atoms with E-state index in [0.29, 0.717) is 6.61 Å². The number of hydrogen-bond acceptors (Lipinski definition) is 4. The lowest BCUT2D eigenvalue weighted by atomic mass is 10.1. The van der Waals surface area contributed by atoms with E-state index in [-0.39, 0.29) is 0 Å². The van der Waals surface area contributed by atoms with Crippen molar-refractivity contribution < 1.29 is 4.74 Å². The molecule has 0 saturated carbocycles. The zero-order chi connectivity index (χ0) is 16.1. The maximum Gasteiger partial charge on any atom is 0.182 e. The van der Waals surface area contributed by atoms with Gasteiger partial charge in [-0.3, -0.25) is 5.43 Å². The average Bonchev–Trinajstić information content (AvgIpc) is 2.59. The second-order valence-corrected chi connectivity index (χ2v) is 6.13. The summed E-state index contributed by atoms with van der Waals surface area (Å²) < 4.78 is 5.46. The molecule has 0 bridgehead atoms. The predicted molar refractivity (Wildman–Crippen MR) is 98.0 cm³/mol. The molecule has 5 heteroatoms. The SMILES string of the molecule is CCOc1ccc(C2=NNC(=Nc3ccc(C)cc3)SC2)cc1. The Balaban J connectivity index is 1.69. The second kappa shape index (κ2) is 7.33. The summed E-state index contributed by atoms with van der Waals surface area (Å²) in [6.07, 6.45) is 0. The van der Waals surface area contributed by atoms with Gasteiger partial charge in [0.1, 0.15) is 5.75 Å². The maximum absolute atomic E-state index is 5.46. The average molecular weight is 325 g/mol. The molecule has 1 aliphatic heterocycles. The molecule has 0 amide bonds. The van der Waals surface area contributed by atoms with E-state index in [0.717, 1.165) is 33.6 Å². The Labute approximate surface area is 140 Å². The molecule has 2 aromatic rings. The topological polar surface area (TPSA) is 46.0 Å². The number of hydrogen-bond donors (Lipinski definition) is 1. The number of hydrazone groups is 1. The molecule has 0 fully saturated rings. The summed E-state index contributed by atoms with van der Waals surface area (Å²) in [5.74, 6) is 1.68. The van der Waals surface area contributed by atoms with Crippen LogP contribution in [-0.4, -0.2) is 23.2 Å². The molecule has 4 nitrogen and oxygen atoms in total. The Hall–Kier alpha value is -2.27. The summed E-state index contributed by atoms with van der Waals surface area (Å²) >= 11 is 1.66. The van der Waals surface area contributed by atoms with Crippen LogP contribution in [0.3, 0.4) is 0 Å². The molecule has 0 saturated heterocycles. The van der Waals surface area contributed by atoms with Gasteiger partial charge in [-0.25, -0.2) is 4.99 Å². The number of aryl methyl sites for hydroxylation is 1.